The molecule has 1 amide bonds. The van der Waals surface area contributed by atoms with Crippen LogP contribution in [0.15, 0.2) is 36.8 Å². The summed E-state index contributed by atoms with van der Waals surface area (Å²) in [5.74, 6) is -0.673. The molecule has 19 heavy (non-hydrogen) atoms. The summed E-state index contributed by atoms with van der Waals surface area (Å²) in [6.45, 7) is 0.503. The number of amides is 1. The maximum Gasteiger partial charge on any atom is 0.278 e. The van der Waals surface area contributed by atoms with Gasteiger partial charge in [0.1, 0.15) is 11.5 Å². The second-order valence-corrected chi connectivity index (χ2v) is 4.40. The molecule has 4 nitrogen and oxygen atoms in total. The lowest BCUT2D eigenvalue weighted by Crippen LogP contribution is -2.36. The number of carbonyl (C=O) groups excluding carboxylic acids is 1. The summed E-state index contributed by atoms with van der Waals surface area (Å²) in [7, 11) is 0. The van der Waals surface area contributed by atoms with Crippen LogP contribution in [0.4, 0.5) is 10.1 Å². The van der Waals surface area contributed by atoms with Crippen LogP contribution in [0, 0.1) is 5.82 Å². The number of anilines is 1. The molecule has 96 valence electrons. The molecule has 1 aromatic carbocycles. The molecule has 1 aromatic heterocycles. The third kappa shape index (κ3) is 2.07. The number of halogens is 1. The Bertz CT molecular complexity index is 615. The first-order valence-electron chi connectivity index (χ1n) is 6.12. The van der Waals surface area contributed by atoms with Crippen LogP contribution in [0.5, 0.6) is 0 Å². The van der Waals surface area contributed by atoms with Gasteiger partial charge >= 0.3 is 0 Å². The second kappa shape index (κ2) is 4.76. The fourth-order valence-electron chi connectivity index (χ4n) is 2.35. The van der Waals surface area contributed by atoms with E-state index in [2.05, 4.69) is 9.97 Å². The second-order valence-electron chi connectivity index (χ2n) is 4.40. The van der Waals surface area contributed by atoms with Crippen molar-refractivity contribution in [2.24, 2.45) is 0 Å². The first-order valence-corrected chi connectivity index (χ1v) is 6.12. The number of fused-ring (bicyclic) bond motifs is 1. The minimum atomic E-state index is -0.366. The van der Waals surface area contributed by atoms with E-state index in [1.165, 1.54) is 29.6 Å². The van der Waals surface area contributed by atoms with Gasteiger partial charge in [0.15, 0.2) is 0 Å². The van der Waals surface area contributed by atoms with E-state index in [-0.39, 0.29) is 17.4 Å². The monoisotopic (exact) mass is 257 g/mol. The molecule has 5 heteroatoms. The van der Waals surface area contributed by atoms with Crippen LogP contribution in [0.2, 0.25) is 0 Å². The maximum absolute atomic E-state index is 14.0. The number of carbonyl (C=O) groups is 1. The fourth-order valence-corrected chi connectivity index (χ4v) is 2.35. The Morgan fingerprint density at radius 3 is 3.00 bits per heavy atom. The van der Waals surface area contributed by atoms with Gasteiger partial charge in [-0.25, -0.2) is 9.37 Å². The summed E-state index contributed by atoms with van der Waals surface area (Å²) >= 11 is 0. The van der Waals surface area contributed by atoms with Crippen molar-refractivity contribution in [1.29, 1.82) is 0 Å². The quantitative estimate of drug-likeness (QED) is 0.786. The molecule has 2 aromatic rings. The molecule has 0 saturated heterocycles. The summed E-state index contributed by atoms with van der Waals surface area (Å²) in [5, 5.41) is 0. The average molecular weight is 257 g/mol. The minimum Gasteiger partial charge on any atom is -0.304 e. The highest BCUT2D eigenvalue weighted by Gasteiger charge is 2.27. The highest BCUT2D eigenvalue weighted by Crippen LogP contribution is 2.30. The van der Waals surface area contributed by atoms with Crippen LogP contribution in [0.25, 0.3) is 0 Å². The van der Waals surface area contributed by atoms with Gasteiger partial charge in [-0.1, -0.05) is 12.1 Å². The zero-order valence-corrected chi connectivity index (χ0v) is 10.2. The lowest BCUT2D eigenvalue weighted by atomic mass is 10.0. The van der Waals surface area contributed by atoms with Crippen molar-refractivity contribution in [2.75, 3.05) is 11.4 Å². The van der Waals surface area contributed by atoms with Gasteiger partial charge in [-0.3, -0.25) is 9.78 Å². The Kier molecular flexibility index (Phi) is 2.95. The summed E-state index contributed by atoms with van der Waals surface area (Å²) in [6.07, 6.45) is 5.97. The molecule has 0 unspecified atom stereocenters. The first kappa shape index (κ1) is 11.8. The van der Waals surface area contributed by atoms with Crippen LogP contribution in [0.3, 0.4) is 0 Å². The normalized spacial score (nSPS) is 14.1. The average Bonchev–Trinajstić information content (AvgIpc) is 2.47. The Balaban J connectivity index is 2.03. The van der Waals surface area contributed by atoms with Crippen molar-refractivity contribution in [1.82, 2.24) is 9.97 Å². The van der Waals surface area contributed by atoms with Gasteiger partial charge < -0.3 is 4.90 Å². The number of hydrogen-bond acceptors (Lipinski definition) is 3. The minimum absolute atomic E-state index is 0.235. The van der Waals surface area contributed by atoms with E-state index < -0.39 is 0 Å². The van der Waals surface area contributed by atoms with E-state index >= 15 is 0 Å². The third-order valence-electron chi connectivity index (χ3n) is 3.20. The Morgan fingerprint density at radius 1 is 1.32 bits per heavy atom. The zero-order valence-electron chi connectivity index (χ0n) is 10.2. The molecular formula is C14H12FN3O. The summed E-state index contributed by atoms with van der Waals surface area (Å²) < 4.78 is 14.0. The standard InChI is InChI=1S/C14H12FN3O/c15-11-5-1-3-10-4-2-8-18(13(10)11)14(19)12-9-16-6-7-17-12/h1,3,5-7,9H,2,4,8H2. The van der Waals surface area contributed by atoms with Crippen molar-refractivity contribution in [2.45, 2.75) is 12.8 Å². The maximum atomic E-state index is 14.0. The Morgan fingerprint density at radius 2 is 2.21 bits per heavy atom. The number of para-hydroxylation sites is 1. The van der Waals surface area contributed by atoms with E-state index in [1.807, 2.05) is 6.07 Å². The molecule has 3 rings (SSSR count). The van der Waals surface area contributed by atoms with Gasteiger partial charge in [0.05, 0.1) is 11.9 Å². The summed E-state index contributed by atoms with van der Waals surface area (Å²) in [5.41, 5.74) is 1.48. The highest BCUT2D eigenvalue weighted by atomic mass is 19.1. The van der Waals surface area contributed by atoms with Gasteiger partial charge in [0.25, 0.3) is 5.91 Å². The molecular weight excluding hydrogens is 245 g/mol. The third-order valence-corrected chi connectivity index (χ3v) is 3.20. The van der Waals surface area contributed by atoms with Crippen LogP contribution in [-0.4, -0.2) is 22.4 Å². The van der Waals surface area contributed by atoms with Crippen LogP contribution in [0.1, 0.15) is 22.5 Å². The fraction of sp³-hybridized carbons (Fsp3) is 0.214. The lowest BCUT2D eigenvalue weighted by Gasteiger charge is -2.29. The summed E-state index contributed by atoms with van der Waals surface area (Å²) in [6, 6.07) is 4.90. The van der Waals surface area contributed by atoms with Gasteiger partial charge in [-0.05, 0) is 24.5 Å². The van der Waals surface area contributed by atoms with E-state index in [4.69, 9.17) is 0 Å². The topological polar surface area (TPSA) is 46.1 Å². The Labute approximate surface area is 109 Å². The van der Waals surface area contributed by atoms with Gasteiger partial charge in [0, 0.05) is 18.9 Å². The first-order chi connectivity index (χ1) is 9.27. The highest BCUT2D eigenvalue weighted by molar-refractivity contribution is 6.05. The number of nitrogens with zero attached hydrogens (tertiary/aromatic N) is 3. The van der Waals surface area contributed by atoms with Gasteiger partial charge in [-0.15, -0.1) is 0 Å². The van der Waals surface area contributed by atoms with Crippen LogP contribution >= 0.6 is 0 Å². The number of rotatable bonds is 1. The van der Waals surface area contributed by atoms with Crippen molar-refractivity contribution in [3.63, 3.8) is 0 Å². The Hall–Kier alpha value is -2.30. The molecule has 1 aliphatic rings. The van der Waals surface area contributed by atoms with E-state index in [0.717, 1.165) is 18.4 Å². The van der Waals surface area contributed by atoms with E-state index in [1.54, 1.807) is 6.07 Å². The smallest absolute Gasteiger partial charge is 0.278 e. The van der Waals surface area contributed by atoms with Gasteiger partial charge in [-0.2, -0.15) is 0 Å². The molecule has 0 radical (unpaired) electrons. The molecule has 0 spiro atoms. The molecule has 0 atom stereocenters. The molecule has 0 fully saturated rings. The molecule has 0 N–H and O–H groups in total. The predicted octanol–water partition coefficient (Wildman–Crippen LogP) is 2.21. The summed E-state index contributed by atoms with van der Waals surface area (Å²) in [4.78, 5) is 21.7. The molecule has 1 aliphatic heterocycles. The number of aromatic nitrogens is 2. The van der Waals surface area contributed by atoms with E-state index in [9.17, 15) is 9.18 Å². The number of aryl methyl sites for hydroxylation is 1. The largest absolute Gasteiger partial charge is 0.304 e. The van der Waals surface area contributed by atoms with Crippen LogP contribution < -0.4 is 4.90 Å². The zero-order chi connectivity index (χ0) is 13.2. The SMILES string of the molecule is O=C(c1cnccn1)N1CCCc2cccc(F)c21. The molecule has 0 saturated carbocycles. The lowest BCUT2D eigenvalue weighted by molar-refractivity contribution is 0.0979. The van der Waals surface area contributed by atoms with Crippen LogP contribution in [-0.2, 0) is 6.42 Å². The molecule has 0 aliphatic carbocycles. The van der Waals surface area contributed by atoms with Gasteiger partial charge in [0.2, 0.25) is 0 Å². The van der Waals surface area contributed by atoms with E-state index in [0.29, 0.717) is 12.2 Å². The molecule has 2 heterocycles. The van der Waals surface area contributed by atoms with Crippen molar-refractivity contribution < 1.29 is 9.18 Å². The molecule has 0 bridgehead atoms. The number of hydrogen-bond donors (Lipinski definition) is 0. The predicted molar refractivity (Wildman–Crippen MR) is 68.4 cm³/mol. The van der Waals surface area contributed by atoms with Crippen molar-refractivity contribution in [3.05, 3.63) is 53.9 Å². The number of benzene rings is 1. The van der Waals surface area contributed by atoms with Crippen molar-refractivity contribution in [3.8, 4) is 0 Å². The van der Waals surface area contributed by atoms with Crippen molar-refractivity contribution >= 4 is 11.6 Å².